The highest BCUT2D eigenvalue weighted by Gasteiger charge is 2.15. The number of methoxy groups -OCH3 is 1. The molecule has 0 aliphatic rings. The second-order valence-corrected chi connectivity index (χ2v) is 3.45. The summed E-state index contributed by atoms with van der Waals surface area (Å²) >= 11 is 0. The highest BCUT2D eigenvalue weighted by Crippen LogP contribution is 2.02. The molecule has 0 saturated carbocycles. The number of rotatable bonds is 5. The van der Waals surface area contributed by atoms with Crippen LogP contribution in [-0.2, 0) is 28.6 Å². The summed E-state index contributed by atoms with van der Waals surface area (Å²) in [6.45, 7) is 4.73. The second kappa shape index (κ2) is 7.43. The molecule has 96 valence electrons. The molecule has 17 heavy (non-hydrogen) atoms. The highest BCUT2D eigenvalue weighted by atomic mass is 16.7. The first-order valence-electron chi connectivity index (χ1n) is 5.04. The summed E-state index contributed by atoms with van der Waals surface area (Å²) in [6.07, 6.45) is 0.810. The lowest BCUT2D eigenvalue weighted by atomic mass is 10.2. The fraction of sp³-hybridized carbons (Fsp3) is 0.545. The zero-order chi connectivity index (χ0) is 13.4. The Labute approximate surface area is 99.5 Å². The fourth-order valence-corrected chi connectivity index (χ4v) is 0.731. The average Bonchev–Trinajstić information content (AvgIpc) is 2.25. The van der Waals surface area contributed by atoms with E-state index in [4.69, 9.17) is 4.74 Å². The van der Waals surface area contributed by atoms with Gasteiger partial charge in [0.25, 0.3) is 0 Å². The molecule has 1 unspecified atom stereocenters. The lowest BCUT2D eigenvalue weighted by Gasteiger charge is -2.14. The van der Waals surface area contributed by atoms with Gasteiger partial charge in [0.2, 0.25) is 6.29 Å². The van der Waals surface area contributed by atoms with Crippen molar-refractivity contribution in [3.63, 3.8) is 0 Å². The van der Waals surface area contributed by atoms with E-state index >= 15 is 0 Å². The minimum atomic E-state index is -1.00. The molecular weight excluding hydrogens is 228 g/mol. The summed E-state index contributed by atoms with van der Waals surface area (Å²) in [5.41, 5.74) is 0. The van der Waals surface area contributed by atoms with E-state index in [2.05, 4.69) is 9.47 Å². The van der Waals surface area contributed by atoms with Crippen LogP contribution in [0.25, 0.3) is 0 Å². The van der Waals surface area contributed by atoms with Crippen LogP contribution in [0.5, 0.6) is 0 Å². The molecule has 0 saturated heterocycles. The molecule has 0 radical (unpaired) electrons. The topological polar surface area (TPSA) is 78.9 Å². The minimum Gasteiger partial charge on any atom is -0.466 e. The predicted molar refractivity (Wildman–Crippen MR) is 57.6 cm³/mol. The first kappa shape index (κ1) is 15.2. The number of hydrogen-bond acceptors (Lipinski definition) is 6. The van der Waals surface area contributed by atoms with E-state index in [9.17, 15) is 14.4 Å². The molecule has 0 aromatic heterocycles. The maximum absolute atomic E-state index is 11.1. The Morgan fingerprint density at radius 2 is 1.47 bits per heavy atom. The Morgan fingerprint density at radius 3 is 1.94 bits per heavy atom. The van der Waals surface area contributed by atoms with Gasteiger partial charge in [0.05, 0.1) is 13.0 Å². The molecule has 6 heteroatoms. The van der Waals surface area contributed by atoms with Crippen molar-refractivity contribution in [2.45, 2.75) is 27.1 Å². The SMILES string of the molecule is COC(=O)/C=C/C(=O)OC(C)OC(=O)C(C)C. The van der Waals surface area contributed by atoms with Crippen molar-refractivity contribution in [3.05, 3.63) is 12.2 Å². The van der Waals surface area contributed by atoms with Crippen LogP contribution in [0.15, 0.2) is 12.2 Å². The maximum atomic E-state index is 11.1. The lowest BCUT2D eigenvalue weighted by Crippen LogP contribution is -2.23. The molecule has 0 spiro atoms. The van der Waals surface area contributed by atoms with Gasteiger partial charge in [0.15, 0.2) is 0 Å². The Balaban J connectivity index is 4.08. The van der Waals surface area contributed by atoms with Crippen molar-refractivity contribution in [3.8, 4) is 0 Å². The molecule has 0 fully saturated rings. The maximum Gasteiger partial charge on any atom is 0.334 e. The van der Waals surface area contributed by atoms with Gasteiger partial charge in [-0.05, 0) is 0 Å². The fourth-order valence-electron chi connectivity index (χ4n) is 0.731. The normalized spacial score (nSPS) is 12.3. The van der Waals surface area contributed by atoms with Crippen LogP contribution in [0.1, 0.15) is 20.8 Å². The van der Waals surface area contributed by atoms with Crippen molar-refractivity contribution < 1.29 is 28.6 Å². The molecule has 0 heterocycles. The van der Waals surface area contributed by atoms with Crippen molar-refractivity contribution in [1.29, 1.82) is 0 Å². The van der Waals surface area contributed by atoms with Gasteiger partial charge in [-0.15, -0.1) is 0 Å². The zero-order valence-electron chi connectivity index (χ0n) is 10.3. The molecule has 0 aliphatic carbocycles. The minimum absolute atomic E-state index is 0.304. The summed E-state index contributed by atoms with van der Waals surface area (Å²) in [4.78, 5) is 32.9. The Bertz CT molecular complexity index is 318. The largest absolute Gasteiger partial charge is 0.466 e. The monoisotopic (exact) mass is 244 g/mol. The summed E-state index contributed by atoms with van der Waals surface area (Å²) < 4.78 is 13.8. The Hall–Kier alpha value is -1.85. The highest BCUT2D eigenvalue weighted by molar-refractivity contribution is 5.91. The van der Waals surface area contributed by atoms with Crippen LogP contribution in [0.2, 0.25) is 0 Å². The second-order valence-electron chi connectivity index (χ2n) is 3.45. The van der Waals surface area contributed by atoms with Gasteiger partial charge in [-0.1, -0.05) is 13.8 Å². The van der Waals surface area contributed by atoms with Crippen molar-refractivity contribution in [2.75, 3.05) is 7.11 Å². The Kier molecular flexibility index (Phi) is 6.62. The molecule has 0 aromatic rings. The van der Waals surface area contributed by atoms with Gasteiger partial charge in [0.1, 0.15) is 0 Å². The lowest BCUT2D eigenvalue weighted by molar-refractivity contribution is -0.183. The van der Waals surface area contributed by atoms with E-state index in [0.717, 1.165) is 12.2 Å². The van der Waals surface area contributed by atoms with E-state index in [0.29, 0.717) is 0 Å². The third-order valence-electron chi connectivity index (χ3n) is 1.59. The summed E-state index contributed by atoms with van der Waals surface area (Å²) in [5, 5.41) is 0. The van der Waals surface area contributed by atoms with Crippen LogP contribution < -0.4 is 0 Å². The van der Waals surface area contributed by atoms with E-state index < -0.39 is 24.2 Å². The number of ether oxygens (including phenoxy) is 3. The summed E-state index contributed by atoms with van der Waals surface area (Å²) in [7, 11) is 1.19. The number of carbonyl (C=O) groups is 3. The third-order valence-corrected chi connectivity index (χ3v) is 1.59. The average molecular weight is 244 g/mol. The van der Waals surface area contributed by atoms with Crippen molar-refractivity contribution >= 4 is 17.9 Å². The number of hydrogen-bond donors (Lipinski definition) is 0. The summed E-state index contributed by atoms with van der Waals surface area (Å²) in [5.74, 6) is -2.24. The Morgan fingerprint density at radius 1 is 0.941 bits per heavy atom. The van der Waals surface area contributed by atoms with Gasteiger partial charge < -0.3 is 14.2 Å². The van der Waals surface area contributed by atoms with E-state index in [1.54, 1.807) is 13.8 Å². The first-order valence-corrected chi connectivity index (χ1v) is 5.04. The van der Waals surface area contributed by atoms with Crippen molar-refractivity contribution in [2.24, 2.45) is 5.92 Å². The molecule has 0 N–H and O–H groups in total. The quantitative estimate of drug-likeness (QED) is 0.404. The van der Waals surface area contributed by atoms with E-state index in [-0.39, 0.29) is 5.92 Å². The van der Waals surface area contributed by atoms with Gasteiger partial charge in [-0.2, -0.15) is 0 Å². The van der Waals surface area contributed by atoms with Gasteiger partial charge in [-0.25, -0.2) is 9.59 Å². The molecule has 0 rings (SSSR count). The standard InChI is InChI=1S/C11H16O6/c1-7(2)11(14)17-8(3)16-10(13)6-5-9(12)15-4/h5-8H,1-4H3/b6-5+. The van der Waals surface area contributed by atoms with Crippen LogP contribution in [0.4, 0.5) is 0 Å². The van der Waals surface area contributed by atoms with Crippen LogP contribution in [0, 0.1) is 5.92 Å². The molecular formula is C11H16O6. The van der Waals surface area contributed by atoms with Crippen molar-refractivity contribution in [1.82, 2.24) is 0 Å². The predicted octanol–water partition coefficient (Wildman–Crippen LogP) is 0.804. The van der Waals surface area contributed by atoms with Gasteiger partial charge in [-0.3, -0.25) is 4.79 Å². The van der Waals surface area contributed by atoms with E-state index in [1.165, 1.54) is 14.0 Å². The molecule has 0 bridgehead atoms. The van der Waals surface area contributed by atoms with Crippen LogP contribution >= 0.6 is 0 Å². The molecule has 6 nitrogen and oxygen atoms in total. The molecule has 0 aromatic carbocycles. The van der Waals surface area contributed by atoms with Gasteiger partial charge >= 0.3 is 17.9 Å². The summed E-state index contributed by atoms with van der Waals surface area (Å²) in [6, 6.07) is 0. The zero-order valence-corrected chi connectivity index (χ0v) is 10.3. The first-order chi connectivity index (χ1) is 7.86. The number of carbonyl (C=O) groups excluding carboxylic acids is 3. The van der Waals surface area contributed by atoms with E-state index in [1.807, 2.05) is 0 Å². The molecule has 1 atom stereocenters. The smallest absolute Gasteiger partial charge is 0.334 e. The van der Waals surface area contributed by atoms with Crippen LogP contribution in [0.3, 0.4) is 0 Å². The third kappa shape index (κ3) is 7.10. The van der Waals surface area contributed by atoms with Crippen LogP contribution in [-0.4, -0.2) is 31.3 Å². The molecule has 0 aliphatic heterocycles. The van der Waals surface area contributed by atoms with Gasteiger partial charge in [0, 0.05) is 19.1 Å². The number of esters is 3. The molecule has 0 amide bonds.